The molecule has 4 rings (SSSR count). The summed E-state index contributed by atoms with van der Waals surface area (Å²) in [6, 6.07) is 0. The Morgan fingerprint density at radius 2 is 1.93 bits per heavy atom. The van der Waals surface area contributed by atoms with Gasteiger partial charge in [-0.15, -0.1) is 0 Å². The topological polar surface area (TPSA) is 78.4 Å². The van der Waals surface area contributed by atoms with Crippen LogP contribution in [0.1, 0.15) is 55.1 Å². The minimum absolute atomic E-state index is 0.0505. The van der Waals surface area contributed by atoms with Gasteiger partial charge in [-0.05, 0) is 50.6 Å². The van der Waals surface area contributed by atoms with Gasteiger partial charge in [-0.25, -0.2) is 4.98 Å². The zero-order valence-corrected chi connectivity index (χ0v) is 18.1. The predicted molar refractivity (Wildman–Crippen MR) is 116 cm³/mol. The number of aromatic nitrogens is 2. The lowest BCUT2D eigenvalue weighted by atomic mass is 9.94. The van der Waals surface area contributed by atoms with Crippen molar-refractivity contribution in [3.63, 3.8) is 0 Å². The SMILES string of the molecule is CCCNC(=O)C1CCN(c2c(C(=O)N3CCCC3)cnc3snc(C)c23)CC1. The molecule has 2 aliphatic heterocycles. The molecule has 2 fully saturated rings. The number of nitrogens with zero attached hydrogens (tertiary/aromatic N) is 4. The van der Waals surface area contributed by atoms with Crippen molar-refractivity contribution in [2.24, 2.45) is 5.92 Å². The van der Waals surface area contributed by atoms with E-state index < -0.39 is 0 Å². The van der Waals surface area contributed by atoms with Gasteiger partial charge in [0.15, 0.2) is 0 Å². The van der Waals surface area contributed by atoms with Gasteiger partial charge in [0.2, 0.25) is 5.91 Å². The fraction of sp³-hybridized carbons (Fsp3) is 0.619. The Morgan fingerprint density at radius 1 is 1.21 bits per heavy atom. The zero-order chi connectivity index (χ0) is 20.4. The smallest absolute Gasteiger partial charge is 0.257 e. The van der Waals surface area contributed by atoms with Crippen LogP contribution in [0.25, 0.3) is 10.2 Å². The quantitative estimate of drug-likeness (QED) is 0.812. The summed E-state index contributed by atoms with van der Waals surface area (Å²) in [4.78, 5) is 35.3. The molecule has 2 aromatic rings. The molecule has 7 nitrogen and oxygen atoms in total. The van der Waals surface area contributed by atoms with Crippen molar-refractivity contribution >= 4 is 39.3 Å². The first-order valence-corrected chi connectivity index (χ1v) is 11.4. The van der Waals surface area contributed by atoms with Crippen molar-refractivity contribution in [3.8, 4) is 0 Å². The average molecular weight is 416 g/mol. The van der Waals surface area contributed by atoms with Crippen LogP contribution in [-0.2, 0) is 4.79 Å². The van der Waals surface area contributed by atoms with Gasteiger partial charge < -0.3 is 15.1 Å². The fourth-order valence-electron chi connectivity index (χ4n) is 4.37. The van der Waals surface area contributed by atoms with E-state index in [1.54, 1.807) is 6.20 Å². The van der Waals surface area contributed by atoms with Crippen LogP contribution < -0.4 is 10.2 Å². The number of likely N-dealkylation sites (tertiary alicyclic amines) is 1. The monoisotopic (exact) mass is 415 g/mol. The molecule has 0 bridgehead atoms. The van der Waals surface area contributed by atoms with Crippen molar-refractivity contribution in [2.45, 2.75) is 46.0 Å². The summed E-state index contributed by atoms with van der Waals surface area (Å²) < 4.78 is 4.49. The van der Waals surface area contributed by atoms with Crippen LogP contribution in [0.4, 0.5) is 5.69 Å². The first kappa shape index (κ1) is 20.1. The summed E-state index contributed by atoms with van der Waals surface area (Å²) in [5.74, 6) is 0.281. The van der Waals surface area contributed by atoms with Gasteiger partial charge in [0.1, 0.15) is 4.83 Å². The predicted octanol–water partition coefficient (Wildman–Crippen LogP) is 2.98. The minimum Gasteiger partial charge on any atom is -0.370 e. The molecule has 8 heteroatoms. The molecule has 0 atom stereocenters. The maximum absolute atomic E-state index is 13.3. The third-order valence-electron chi connectivity index (χ3n) is 6.00. The molecule has 0 spiro atoms. The molecule has 0 radical (unpaired) electrons. The molecule has 156 valence electrons. The van der Waals surface area contributed by atoms with Gasteiger partial charge in [-0.3, -0.25) is 9.59 Å². The highest BCUT2D eigenvalue weighted by atomic mass is 32.1. The van der Waals surface area contributed by atoms with Gasteiger partial charge in [0.05, 0.1) is 22.3 Å². The number of aryl methyl sites for hydroxylation is 1. The Bertz CT molecular complexity index is 898. The van der Waals surface area contributed by atoms with Gasteiger partial charge in [-0.1, -0.05) is 6.92 Å². The standard InChI is InChI=1S/C21H29N5O2S/c1-3-8-22-19(27)15-6-11-25(12-7-15)18-16(21(28)26-9-4-5-10-26)13-23-20-17(18)14(2)24-29-20/h13,15H,3-12H2,1-2H3,(H,22,27). The van der Waals surface area contributed by atoms with E-state index in [0.29, 0.717) is 5.56 Å². The van der Waals surface area contributed by atoms with Gasteiger partial charge in [0.25, 0.3) is 5.91 Å². The summed E-state index contributed by atoms with van der Waals surface area (Å²) in [5.41, 5.74) is 2.56. The third kappa shape index (κ3) is 3.95. The van der Waals surface area contributed by atoms with E-state index in [2.05, 4.69) is 26.5 Å². The average Bonchev–Trinajstić information content (AvgIpc) is 3.41. The highest BCUT2D eigenvalue weighted by Gasteiger charge is 2.31. The highest BCUT2D eigenvalue weighted by Crippen LogP contribution is 2.37. The second-order valence-electron chi connectivity index (χ2n) is 8.02. The molecule has 29 heavy (non-hydrogen) atoms. The van der Waals surface area contributed by atoms with E-state index in [1.165, 1.54) is 11.5 Å². The van der Waals surface area contributed by atoms with Crippen LogP contribution in [0.5, 0.6) is 0 Å². The third-order valence-corrected chi connectivity index (χ3v) is 6.85. The van der Waals surface area contributed by atoms with Gasteiger partial charge >= 0.3 is 0 Å². The van der Waals surface area contributed by atoms with Crippen LogP contribution in [0.2, 0.25) is 0 Å². The first-order valence-electron chi connectivity index (χ1n) is 10.7. The van der Waals surface area contributed by atoms with E-state index in [1.807, 2.05) is 11.8 Å². The Kier molecular flexibility index (Phi) is 5.99. The molecular formula is C21H29N5O2S. The minimum atomic E-state index is 0.0505. The van der Waals surface area contributed by atoms with Crippen molar-refractivity contribution in [1.29, 1.82) is 0 Å². The molecule has 1 N–H and O–H groups in total. The normalized spacial score (nSPS) is 17.9. The van der Waals surface area contributed by atoms with E-state index in [-0.39, 0.29) is 17.7 Å². The van der Waals surface area contributed by atoms with E-state index in [0.717, 1.165) is 86.4 Å². The van der Waals surface area contributed by atoms with E-state index in [4.69, 9.17) is 0 Å². The molecule has 2 saturated heterocycles. The van der Waals surface area contributed by atoms with Crippen molar-refractivity contribution < 1.29 is 9.59 Å². The number of pyridine rings is 1. The largest absolute Gasteiger partial charge is 0.370 e. The number of nitrogens with one attached hydrogen (secondary N) is 1. The molecule has 0 aromatic carbocycles. The number of hydrogen-bond acceptors (Lipinski definition) is 6. The second-order valence-corrected chi connectivity index (χ2v) is 8.77. The first-order chi connectivity index (χ1) is 14.1. The number of rotatable bonds is 5. The molecule has 2 aromatic heterocycles. The van der Waals surface area contributed by atoms with Crippen LogP contribution in [-0.4, -0.2) is 58.8 Å². The van der Waals surface area contributed by atoms with Crippen molar-refractivity contribution in [3.05, 3.63) is 17.5 Å². The fourth-order valence-corrected chi connectivity index (χ4v) is 5.12. The Balaban J connectivity index is 1.62. The van der Waals surface area contributed by atoms with Crippen LogP contribution in [0.3, 0.4) is 0 Å². The molecule has 4 heterocycles. The number of carbonyl (C=O) groups is 2. The number of anilines is 1. The molecule has 2 amide bonds. The molecule has 2 aliphatic rings. The summed E-state index contributed by atoms with van der Waals surface area (Å²) in [6.45, 7) is 7.94. The molecule has 0 aliphatic carbocycles. The number of hydrogen-bond donors (Lipinski definition) is 1. The van der Waals surface area contributed by atoms with Crippen LogP contribution >= 0.6 is 11.5 Å². The van der Waals surface area contributed by atoms with Crippen molar-refractivity contribution in [2.75, 3.05) is 37.6 Å². The molecule has 0 unspecified atom stereocenters. The number of fused-ring (bicyclic) bond motifs is 1. The van der Waals surface area contributed by atoms with Crippen molar-refractivity contribution in [1.82, 2.24) is 19.6 Å². The second kappa shape index (κ2) is 8.65. The molecular weight excluding hydrogens is 386 g/mol. The van der Waals surface area contributed by atoms with E-state index in [9.17, 15) is 9.59 Å². The lowest BCUT2D eigenvalue weighted by Gasteiger charge is -2.34. The zero-order valence-electron chi connectivity index (χ0n) is 17.2. The van der Waals surface area contributed by atoms with Crippen LogP contribution in [0.15, 0.2) is 6.20 Å². The van der Waals surface area contributed by atoms with E-state index >= 15 is 0 Å². The Labute approximate surface area is 175 Å². The summed E-state index contributed by atoms with van der Waals surface area (Å²) in [7, 11) is 0. The van der Waals surface area contributed by atoms with Gasteiger partial charge in [-0.2, -0.15) is 4.37 Å². The van der Waals surface area contributed by atoms with Gasteiger partial charge in [0, 0.05) is 44.8 Å². The lowest BCUT2D eigenvalue weighted by molar-refractivity contribution is -0.125. The number of amides is 2. The summed E-state index contributed by atoms with van der Waals surface area (Å²) >= 11 is 1.38. The number of carbonyl (C=O) groups excluding carboxylic acids is 2. The maximum Gasteiger partial charge on any atom is 0.257 e. The highest BCUT2D eigenvalue weighted by molar-refractivity contribution is 7.13. The Morgan fingerprint density at radius 3 is 2.62 bits per heavy atom. The molecule has 0 saturated carbocycles. The summed E-state index contributed by atoms with van der Waals surface area (Å²) in [5, 5.41) is 4.02. The number of piperidine rings is 1. The summed E-state index contributed by atoms with van der Waals surface area (Å²) in [6.07, 6.45) is 6.41. The Hall–Kier alpha value is -2.22. The lowest BCUT2D eigenvalue weighted by Crippen LogP contribution is -2.41. The van der Waals surface area contributed by atoms with Crippen LogP contribution in [0, 0.1) is 12.8 Å². The maximum atomic E-state index is 13.3.